The van der Waals surface area contributed by atoms with E-state index in [1.54, 1.807) is 7.11 Å². The lowest BCUT2D eigenvalue weighted by Gasteiger charge is -2.19. The van der Waals surface area contributed by atoms with Crippen LogP contribution >= 0.6 is 0 Å². The summed E-state index contributed by atoms with van der Waals surface area (Å²) in [5, 5.41) is 3.25. The summed E-state index contributed by atoms with van der Waals surface area (Å²) in [6, 6.07) is 0. The first-order valence-corrected chi connectivity index (χ1v) is 7.64. The molecule has 5 nitrogen and oxygen atoms in total. The van der Waals surface area contributed by atoms with Crippen LogP contribution in [0, 0.1) is 0 Å². The maximum Gasteiger partial charge on any atom is 0.262 e. The molecule has 0 radical (unpaired) electrons. The van der Waals surface area contributed by atoms with E-state index in [0.717, 1.165) is 25.8 Å². The molecular formula is C15H25N3O2. The van der Waals surface area contributed by atoms with Gasteiger partial charge in [-0.25, -0.2) is 4.98 Å². The topological polar surface area (TPSA) is 56.3 Å². The van der Waals surface area contributed by atoms with Crippen LogP contribution in [-0.4, -0.2) is 29.7 Å². The van der Waals surface area contributed by atoms with Crippen LogP contribution in [0.5, 0.6) is 11.6 Å². The summed E-state index contributed by atoms with van der Waals surface area (Å²) in [7, 11) is 1.63. The van der Waals surface area contributed by atoms with E-state index < -0.39 is 0 Å². The van der Waals surface area contributed by atoms with Crippen molar-refractivity contribution in [2.24, 2.45) is 0 Å². The Kier molecular flexibility index (Phi) is 5.89. The molecule has 1 aromatic rings. The van der Waals surface area contributed by atoms with E-state index in [-0.39, 0.29) is 6.10 Å². The van der Waals surface area contributed by atoms with Crippen LogP contribution in [0.2, 0.25) is 0 Å². The second-order valence-electron chi connectivity index (χ2n) is 5.22. The van der Waals surface area contributed by atoms with Crippen molar-refractivity contribution in [2.45, 2.75) is 58.0 Å². The number of anilines is 1. The van der Waals surface area contributed by atoms with Crippen LogP contribution in [0.4, 0.5) is 5.82 Å². The molecule has 20 heavy (non-hydrogen) atoms. The molecule has 1 aliphatic carbocycles. The van der Waals surface area contributed by atoms with Gasteiger partial charge in [-0.15, -0.1) is 0 Å². The first-order chi connectivity index (χ1) is 9.85. The van der Waals surface area contributed by atoms with Gasteiger partial charge < -0.3 is 14.8 Å². The summed E-state index contributed by atoms with van der Waals surface area (Å²) in [6.45, 7) is 2.97. The Bertz CT molecular complexity index is 404. The fourth-order valence-corrected chi connectivity index (χ4v) is 2.51. The van der Waals surface area contributed by atoms with Crippen LogP contribution in [0.3, 0.4) is 0 Å². The Balaban J connectivity index is 2.09. The minimum Gasteiger partial charge on any atom is -0.489 e. The summed E-state index contributed by atoms with van der Waals surface area (Å²) in [4.78, 5) is 8.48. The summed E-state index contributed by atoms with van der Waals surface area (Å²) in [5.41, 5.74) is 0. The molecular weight excluding hydrogens is 254 g/mol. The van der Waals surface area contributed by atoms with E-state index in [1.807, 2.05) is 0 Å². The third-order valence-corrected chi connectivity index (χ3v) is 3.60. The van der Waals surface area contributed by atoms with Crippen molar-refractivity contribution in [1.82, 2.24) is 9.97 Å². The standard InChI is InChI=1S/C15H25N3O2/c1-3-10-16-14-13(19-2)15(18-11-17-14)20-12-8-6-4-5-7-9-12/h11-12H,3-10H2,1-2H3,(H,16,17,18). The summed E-state index contributed by atoms with van der Waals surface area (Å²) < 4.78 is 11.5. The molecule has 0 atom stereocenters. The lowest BCUT2D eigenvalue weighted by Crippen LogP contribution is -2.17. The van der Waals surface area contributed by atoms with Crippen LogP contribution < -0.4 is 14.8 Å². The number of ether oxygens (including phenoxy) is 2. The summed E-state index contributed by atoms with van der Waals surface area (Å²) in [5.74, 6) is 1.89. The Labute approximate surface area is 121 Å². The predicted octanol–water partition coefficient (Wildman–Crippen LogP) is 3.41. The molecule has 0 bridgehead atoms. The monoisotopic (exact) mass is 279 g/mol. The minimum atomic E-state index is 0.250. The second-order valence-corrected chi connectivity index (χ2v) is 5.22. The molecule has 0 amide bonds. The SMILES string of the molecule is CCCNc1ncnc(OC2CCCCCC2)c1OC. The van der Waals surface area contributed by atoms with Crippen molar-refractivity contribution in [3.8, 4) is 11.6 Å². The Morgan fingerprint density at radius 3 is 2.60 bits per heavy atom. The molecule has 0 spiro atoms. The fourth-order valence-electron chi connectivity index (χ4n) is 2.51. The zero-order valence-corrected chi connectivity index (χ0v) is 12.5. The van der Waals surface area contributed by atoms with E-state index in [9.17, 15) is 0 Å². The molecule has 1 heterocycles. The van der Waals surface area contributed by atoms with Gasteiger partial charge in [-0.1, -0.05) is 19.8 Å². The maximum atomic E-state index is 6.06. The highest BCUT2D eigenvalue weighted by Gasteiger charge is 2.19. The average Bonchev–Trinajstić information content (AvgIpc) is 2.74. The molecule has 1 N–H and O–H groups in total. The molecule has 0 saturated heterocycles. The van der Waals surface area contributed by atoms with Crippen molar-refractivity contribution >= 4 is 5.82 Å². The lowest BCUT2D eigenvalue weighted by molar-refractivity contribution is 0.168. The Hall–Kier alpha value is -1.52. The average molecular weight is 279 g/mol. The molecule has 0 aromatic carbocycles. The largest absolute Gasteiger partial charge is 0.489 e. The van der Waals surface area contributed by atoms with Crippen molar-refractivity contribution < 1.29 is 9.47 Å². The first-order valence-electron chi connectivity index (χ1n) is 7.64. The number of nitrogens with zero attached hydrogens (tertiary/aromatic N) is 2. The highest BCUT2D eigenvalue weighted by atomic mass is 16.5. The van der Waals surface area contributed by atoms with Gasteiger partial charge in [0, 0.05) is 6.54 Å². The number of rotatable bonds is 6. The van der Waals surface area contributed by atoms with Gasteiger partial charge in [-0.2, -0.15) is 4.98 Å². The van der Waals surface area contributed by atoms with Crippen molar-refractivity contribution in [1.29, 1.82) is 0 Å². The predicted molar refractivity (Wildman–Crippen MR) is 79.5 cm³/mol. The van der Waals surface area contributed by atoms with Gasteiger partial charge >= 0.3 is 0 Å². The number of hydrogen-bond donors (Lipinski definition) is 1. The summed E-state index contributed by atoms with van der Waals surface area (Å²) in [6.07, 6.45) is 10.1. The summed E-state index contributed by atoms with van der Waals surface area (Å²) >= 11 is 0. The number of hydrogen-bond acceptors (Lipinski definition) is 5. The quantitative estimate of drug-likeness (QED) is 0.809. The molecule has 1 fully saturated rings. The lowest BCUT2D eigenvalue weighted by atomic mass is 10.1. The fraction of sp³-hybridized carbons (Fsp3) is 0.733. The van der Waals surface area contributed by atoms with Crippen LogP contribution in [0.15, 0.2) is 6.33 Å². The third-order valence-electron chi connectivity index (χ3n) is 3.60. The molecule has 5 heteroatoms. The van der Waals surface area contributed by atoms with Crippen LogP contribution in [0.25, 0.3) is 0 Å². The Morgan fingerprint density at radius 1 is 1.20 bits per heavy atom. The zero-order chi connectivity index (χ0) is 14.2. The van der Waals surface area contributed by atoms with Gasteiger partial charge in [0.2, 0.25) is 5.75 Å². The molecule has 1 aliphatic rings. The first kappa shape index (κ1) is 14.9. The van der Waals surface area contributed by atoms with E-state index in [4.69, 9.17) is 9.47 Å². The molecule has 1 saturated carbocycles. The van der Waals surface area contributed by atoms with E-state index in [2.05, 4.69) is 22.2 Å². The highest BCUT2D eigenvalue weighted by Crippen LogP contribution is 2.33. The number of aromatic nitrogens is 2. The van der Waals surface area contributed by atoms with Crippen LogP contribution in [0.1, 0.15) is 51.9 Å². The van der Waals surface area contributed by atoms with Crippen molar-refractivity contribution in [2.75, 3.05) is 19.0 Å². The van der Waals surface area contributed by atoms with Crippen molar-refractivity contribution in [3.05, 3.63) is 6.33 Å². The van der Waals surface area contributed by atoms with Gasteiger partial charge in [-0.05, 0) is 32.1 Å². The van der Waals surface area contributed by atoms with E-state index in [1.165, 1.54) is 32.0 Å². The molecule has 112 valence electrons. The molecule has 0 aliphatic heterocycles. The van der Waals surface area contributed by atoms with Crippen LogP contribution in [-0.2, 0) is 0 Å². The van der Waals surface area contributed by atoms with Gasteiger partial charge in [0.05, 0.1) is 7.11 Å². The van der Waals surface area contributed by atoms with Gasteiger partial charge in [-0.3, -0.25) is 0 Å². The normalized spacial score (nSPS) is 16.5. The van der Waals surface area contributed by atoms with Gasteiger partial charge in [0.15, 0.2) is 5.82 Å². The van der Waals surface area contributed by atoms with Crippen molar-refractivity contribution in [3.63, 3.8) is 0 Å². The number of methoxy groups -OCH3 is 1. The van der Waals surface area contributed by atoms with Gasteiger partial charge in [0.1, 0.15) is 12.4 Å². The molecule has 0 unspecified atom stereocenters. The van der Waals surface area contributed by atoms with E-state index >= 15 is 0 Å². The Morgan fingerprint density at radius 2 is 1.95 bits per heavy atom. The smallest absolute Gasteiger partial charge is 0.262 e. The van der Waals surface area contributed by atoms with E-state index in [0.29, 0.717) is 17.4 Å². The second kappa shape index (κ2) is 7.92. The number of nitrogens with one attached hydrogen (secondary N) is 1. The maximum absolute atomic E-state index is 6.06. The highest BCUT2D eigenvalue weighted by molar-refractivity contribution is 5.55. The third kappa shape index (κ3) is 3.99. The zero-order valence-electron chi connectivity index (χ0n) is 12.5. The van der Waals surface area contributed by atoms with Gasteiger partial charge in [0.25, 0.3) is 5.88 Å². The molecule has 1 aromatic heterocycles. The minimum absolute atomic E-state index is 0.250. The molecule has 2 rings (SSSR count).